The van der Waals surface area contributed by atoms with Gasteiger partial charge in [-0.25, -0.2) is 17.9 Å². The first kappa shape index (κ1) is 19.8. The third-order valence-corrected chi connectivity index (χ3v) is 7.40. The molecule has 9 nitrogen and oxygen atoms in total. The second kappa shape index (κ2) is 6.81. The molecule has 0 unspecified atom stereocenters. The number of amides is 1. The summed E-state index contributed by atoms with van der Waals surface area (Å²) in [6, 6.07) is 4.12. The normalized spacial score (nSPS) is 18.3. The number of rotatable bonds is 5. The van der Waals surface area contributed by atoms with Crippen molar-refractivity contribution in [3.8, 4) is 0 Å². The SMILES string of the molecule is Cn1c(=O)n(CC(=O)N2CCCC2)c(=O)c2cc(S(=O)(=O)NC3(C)CC3)ccc21. The van der Waals surface area contributed by atoms with E-state index in [1.54, 1.807) is 4.90 Å². The smallest absolute Gasteiger partial charge is 0.331 e. The molecule has 156 valence electrons. The van der Waals surface area contributed by atoms with Gasteiger partial charge in [-0.05, 0) is 50.8 Å². The molecule has 10 heteroatoms. The zero-order chi connectivity index (χ0) is 21.0. The first-order valence-electron chi connectivity index (χ1n) is 9.67. The van der Waals surface area contributed by atoms with Gasteiger partial charge < -0.3 is 4.90 Å². The van der Waals surface area contributed by atoms with Crippen LogP contribution >= 0.6 is 0 Å². The first-order chi connectivity index (χ1) is 13.6. The van der Waals surface area contributed by atoms with E-state index in [0.29, 0.717) is 18.6 Å². The predicted octanol–water partition coefficient (Wildman–Crippen LogP) is 0.153. The fraction of sp³-hybridized carbons (Fsp3) is 0.526. The van der Waals surface area contributed by atoms with Gasteiger partial charge in [-0.15, -0.1) is 0 Å². The summed E-state index contributed by atoms with van der Waals surface area (Å²) < 4.78 is 30.2. The largest absolute Gasteiger partial charge is 0.341 e. The minimum atomic E-state index is -3.80. The minimum Gasteiger partial charge on any atom is -0.341 e. The zero-order valence-corrected chi connectivity index (χ0v) is 17.3. The van der Waals surface area contributed by atoms with Crippen LogP contribution in [0.15, 0.2) is 32.7 Å². The highest BCUT2D eigenvalue weighted by Gasteiger charge is 2.41. The van der Waals surface area contributed by atoms with Crippen molar-refractivity contribution < 1.29 is 13.2 Å². The monoisotopic (exact) mass is 420 g/mol. The molecule has 1 aliphatic heterocycles. The molecule has 1 saturated carbocycles. The van der Waals surface area contributed by atoms with Gasteiger partial charge in [0, 0.05) is 25.7 Å². The number of sulfonamides is 1. The quantitative estimate of drug-likeness (QED) is 0.741. The van der Waals surface area contributed by atoms with E-state index in [4.69, 9.17) is 0 Å². The van der Waals surface area contributed by atoms with Gasteiger partial charge in [0.2, 0.25) is 15.9 Å². The molecule has 2 aromatic rings. The Hall–Kier alpha value is -2.46. The summed E-state index contributed by atoms with van der Waals surface area (Å²) in [5.41, 5.74) is -1.39. The van der Waals surface area contributed by atoms with Crippen molar-refractivity contribution in [2.75, 3.05) is 13.1 Å². The molecule has 1 saturated heterocycles. The maximum absolute atomic E-state index is 13.0. The van der Waals surface area contributed by atoms with Crippen molar-refractivity contribution in [1.29, 1.82) is 0 Å². The summed E-state index contributed by atoms with van der Waals surface area (Å²) in [5.74, 6) is -0.284. The van der Waals surface area contributed by atoms with Crippen LogP contribution in [-0.2, 0) is 28.4 Å². The van der Waals surface area contributed by atoms with Gasteiger partial charge in [0.05, 0.1) is 15.8 Å². The molecule has 1 aromatic heterocycles. The lowest BCUT2D eigenvalue weighted by Gasteiger charge is -2.17. The lowest BCUT2D eigenvalue weighted by atomic mass is 10.2. The van der Waals surface area contributed by atoms with Crippen molar-refractivity contribution in [1.82, 2.24) is 18.8 Å². The molecule has 0 bridgehead atoms. The number of aromatic nitrogens is 2. The highest BCUT2D eigenvalue weighted by atomic mass is 32.2. The Kier molecular flexibility index (Phi) is 4.66. The van der Waals surface area contributed by atoms with Crippen molar-refractivity contribution in [2.24, 2.45) is 7.05 Å². The van der Waals surface area contributed by atoms with E-state index >= 15 is 0 Å². The molecular formula is C19H24N4O5S. The topological polar surface area (TPSA) is 110 Å². The van der Waals surface area contributed by atoms with E-state index in [9.17, 15) is 22.8 Å². The van der Waals surface area contributed by atoms with Crippen LogP contribution in [0, 0.1) is 0 Å². The van der Waals surface area contributed by atoms with Gasteiger partial charge in [0.25, 0.3) is 5.56 Å². The Labute approximate surface area is 168 Å². The van der Waals surface area contributed by atoms with Gasteiger partial charge >= 0.3 is 5.69 Å². The summed E-state index contributed by atoms with van der Waals surface area (Å²) in [7, 11) is -2.30. The number of hydrogen-bond acceptors (Lipinski definition) is 5. The molecule has 1 amide bonds. The lowest BCUT2D eigenvalue weighted by Crippen LogP contribution is -2.44. The lowest BCUT2D eigenvalue weighted by molar-refractivity contribution is -0.130. The molecule has 0 radical (unpaired) electrons. The number of aryl methyl sites for hydroxylation is 1. The van der Waals surface area contributed by atoms with Crippen LogP contribution in [0.25, 0.3) is 10.9 Å². The van der Waals surface area contributed by atoms with E-state index < -0.39 is 26.8 Å². The number of nitrogens with one attached hydrogen (secondary N) is 1. The Morgan fingerprint density at radius 1 is 1.17 bits per heavy atom. The average Bonchev–Trinajstić information content (AvgIpc) is 3.16. The van der Waals surface area contributed by atoms with E-state index in [1.165, 1.54) is 29.8 Å². The van der Waals surface area contributed by atoms with Crippen LogP contribution in [0.5, 0.6) is 0 Å². The number of carbonyl (C=O) groups is 1. The van der Waals surface area contributed by atoms with Crippen molar-refractivity contribution >= 4 is 26.8 Å². The zero-order valence-electron chi connectivity index (χ0n) is 16.5. The third-order valence-electron chi connectivity index (χ3n) is 5.77. The van der Waals surface area contributed by atoms with Gasteiger partial charge in [-0.2, -0.15) is 0 Å². The molecule has 2 fully saturated rings. The van der Waals surface area contributed by atoms with Gasteiger partial charge in [0.15, 0.2) is 0 Å². The standard InChI is InChI=1S/C19H24N4O5S/c1-19(7-8-19)20-29(27,28)13-5-6-15-14(11-13)17(25)23(18(26)21(15)2)12-16(24)22-9-3-4-10-22/h5-6,11,20H,3-4,7-10,12H2,1-2H3. The van der Waals surface area contributed by atoms with E-state index in [-0.39, 0.29) is 22.7 Å². The summed E-state index contributed by atoms with van der Waals surface area (Å²) in [6.45, 7) is 2.71. The number of nitrogens with zero attached hydrogens (tertiary/aromatic N) is 3. The summed E-state index contributed by atoms with van der Waals surface area (Å²) in [4.78, 5) is 39.7. The molecule has 0 spiro atoms. The molecular weight excluding hydrogens is 396 g/mol. The second-order valence-electron chi connectivity index (χ2n) is 8.17. The van der Waals surface area contributed by atoms with Gasteiger partial charge in [-0.1, -0.05) is 0 Å². The van der Waals surface area contributed by atoms with Crippen LogP contribution in [0.4, 0.5) is 0 Å². The van der Waals surface area contributed by atoms with E-state index in [2.05, 4.69) is 4.72 Å². The Balaban J connectivity index is 1.78. The Bertz CT molecular complexity index is 1220. The summed E-state index contributed by atoms with van der Waals surface area (Å²) in [5, 5.41) is 0.0881. The first-order valence-corrected chi connectivity index (χ1v) is 11.1. The average molecular weight is 420 g/mol. The van der Waals surface area contributed by atoms with Crippen LogP contribution in [0.1, 0.15) is 32.6 Å². The van der Waals surface area contributed by atoms with E-state index in [0.717, 1.165) is 30.3 Å². The molecule has 2 aliphatic rings. The number of fused-ring (bicyclic) bond motifs is 1. The molecule has 1 aliphatic carbocycles. The van der Waals surface area contributed by atoms with Crippen LogP contribution in [-0.4, -0.2) is 47.0 Å². The summed E-state index contributed by atoms with van der Waals surface area (Å²) >= 11 is 0. The second-order valence-corrected chi connectivity index (χ2v) is 9.85. The Morgan fingerprint density at radius 3 is 2.45 bits per heavy atom. The van der Waals surface area contributed by atoms with Crippen LogP contribution < -0.4 is 16.0 Å². The van der Waals surface area contributed by atoms with Crippen molar-refractivity contribution in [2.45, 2.75) is 49.6 Å². The Morgan fingerprint density at radius 2 is 1.83 bits per heavy atom. The van der Waals surface area contributed by atoms with Gasteiger partial charge in [-0.3, -0.25) is 18.7 Å². The minimum absolute atomic E-state index is 0.0358. The molecule has 0 atom stereocenters. The van der Waals surface area contributed by atoms with Crippen molar-refractivity contribution in [3.63, 3.8) is 0 Å². The predicted molar refractivity (Wildman–Crippen MR) is 107 cm³/mol. The van der Waals surface area contributed by atoms with Crippen LogP contribution in [0.2, 0.25) is 0 Å². The summed E-state index contributed by atoms with van der Waals surface area (Å²) in [6.07, 6.45) is 3.34. The number of benzene rings is 1. The number of carbonyl (C=O) groups excluding carboxylic acids is 1. The number of hydrogen-bond donors (Lipinski definition) is 1. The fourth-order valence-electron chi connectivity index (χ4n) is 3.68. The molecule has 1 aromatic carbocycles. The maximum atomic E-state index is 13.0. The molecule has 1 N–H and O–H groups in total. The molecule has 2 heterocycles. The van der Waals surface area contributed by atoms with E-state index in [1.807, 2.05) is 6.92 Å². The molecule has 29 heavy (non-hydrogen) atoms. The highest BCUT2D eigenvalue weighted by Crippen LogP contribution is 2.36. The van der Waals surface area contributed by atoms with Crippen LogP contribution in [0.3, 0.4) is 0 Å². The molecule has 4 rings (SSSR count). The highest BCUT2D eigenvalue weighted by molar-refractivity contribution is 7.89. The number of likely N-dealkylation sites (tertiary alicyclic amines) is 1. The fourth-order valence-corrected chi connectivity index (χ4v) is 5.17. The third kappa shape index (κ3) is 3.62. The maximum Gasteiger partial charge on any atom is 0.331 e. The van der Waals surface area contributed by atoms with Crippen molar-refractivity contribution in [3.05, 3.63) is 39.0 Å². The van der Waals surface area contributed by atoms with Gasteiger partial charge in [0.1, 0.15) is 6.54 Å².